The highest BCUT2D eigenvalue weighted by Gasteiger charge is 2.33. The van der Waals surface area contributed by atoms with Gasteiger partial charge in [0, 0.05) is 11.8 Å². The second-order valence-corrected chi connectivity index (χ2v) is 5.37. The standard InChI is InChI=1S/C16H11F3N4O/c17-16(18,19)13-5-11-14(21-8-22-15(11)23-13)20-6-9-7-24-12-4-2-1-3-10(9)12/h1-6,8-9H,7H2,(H,21,22,23)/b20-6+. The van der Waals surface area contributed by atoms with Gasteiger partial charge in [-0.2, -0.15) is 13.2 Å². The maximum atomic E-state index is 12.8. The molecule has 1 N–H and O–H groups in total. The van der Waals surface area contributed by atoms with Gasteiger partial charge in [0.25, 0.3) is 0 Å². The molecule has 5 nitrogen and oxygen atoms in total. The Morgan fingerprint density at radius 3 is 2.92 bits per heavy atom. The summed E-state index contributed by atoms with van der Waals surface area (Å²) in [5.41, 5.74) is 0.230. The topological polar surface area (TPSA) is 63.2 Å². The van der Waals surface area contributed by atoms with Gasteiger partial charge >= 0.3 is 6.18 Å². The Hall–Kier alpha value is -2.90. The van der Waals surface area contributed by atoms with Crippen molar-refractivity contribution in [3.63, 3.8) is 0 Å². The van der Waals surface area contributed by atoms with E-state index >= 15 is 0 Å². The lowest BCUT2D eigenvalue weighted by Crippen LogP contribution is -2.04. The van der Waals surface area contributed by atoms with Crippen LogP contribution in [0.1, 0.15) is 17.2 Å². The van der Waals surface area contributed by atoms with Crippen molar-refractivity contribution >= 4 is 23.1 Å². The first-order valence-electron chi connectivity index (χ1n) is 7.19. The summed E-state index contributed by atoms with van der Waals surface area (Å²) in [5.74, 6) is 0.922. The van der Waals surface area contributed by atoms with Gasteiger partial charge < -0.3 is 9.72 Å². The van der Waals surface area contributed by atoms with Gasteiger partial charge in [-0.05, 0) is 12.1 Å². The van der Waals surface area contributed by atoms with Gasteiger partial charge in [-0.15, -0.1) is 0 Å². The van der Waals surface area contributed by atoms with Crippen LogP contribution in [0.2, 0.25) is 0 Å². The summed E-state index contributed by atoms with van der Waals surface area (Å²) in [6.07, 6.45) is -1.64. The molecule has 0 aliphatic carbocycles. The molecule has 0 saturated carbocycles. The molecule has 1 aliphatic rings. The van der Waals surface area contributed by atoms with E-state index in [1.807, 2.05) is 24.3 Å². The molecule has 8 heteroatoms. The molecule has 24 heavy (non-hydrogen) atoms. The van der Waals surface area contributed by atoms with Crippen molar-refractivity contribution in [3.8, 4) is 5.75 Å². The lowest BCUT2D eigenvalue weighted by Gasteiger charge is -2.01. The summed E-state index contributed by atoms with van der Waals surface area (Å²) in [7, 11) is 0. The minimum Gasteiger partial charge on any atom is -0.492 e. The first-order chi connectivity index (χ1) is 11.5. The fourth-order valence-corrected chi connectivity index (χ4v) is 2.65. The molecule has 3 heterocycles. The molecular formula is C16H11F3N4O. The SMILES string of the molecule is FC(F)(F)c1cc2c(/N=C/C3COc4ccccc43)ncnc2[nH]1. The molecule has 0 fully saturated rings. The number of nitrogens with zero attached hydrogens (tertiary/aromatic N) is 3. The van der Waals surface area contributed by atoms with Crippen LogP contribution in [0.15, 0.2) is 41.7 Å². The lowest BCUT2D eigenvalue weighted by molar-refractivity contribution is -0.140. The predicted octanol–water partition coefficient (Wildman–Crippen LogP) is 3.86. The second kappa shape index (κ2) is 5.33. The Morgan fingerprint density at radius 1 is 1.25 bits per heavy atom. The fourth-order valence-electron chi connectivity index (χ4n) is 2.65. The van der Waals surface area contributed by atoms with Gasteiger partial charge in [-0.3, -0.25) is 0 Å². The van der Waals surface area contributed by atoms with Crippen LogP contribution in [0.25, 0.3) is 11.0 Å². The number of aromatic amines is 1. The first kappa shape index (κ1) is 14.7. The third-order valence-corrected chi connectivity index (χ3v) is 3.82. The molecular weight excluding hydrogens is 321 g/mol. The average molecular weight is 332 g/mol. The Balaban J connectivity index is 1.69. The van der Waals surface area contributed by atoms with Crippen LogP contribution in [-0.2, 0) is 6.18 Å². The minimum atomic E-state index is -4.47. The highest BCUT2D eigenvalue weighted by molar-refractivity contribution is 5.88. The molecule has 0 radical (unpaired) electrons. The van der Waals surface area contributed by atoms with Crippen LogP contribution in [-0.4, -0.2) is 27.8 Å². The van der Waals surface area contributed by atoms with Crippen LogP contribution in [0, 0.1) is 0 Å². The molecule has 3 aromatic rings. The molecule has 4 rings (SSSR count). The summed E-state index contributed by atoms with van der Waals surface area (Å²) in [5, 5.41) is 0.230. The van der Waals surface area contributed by atoms with Crippen molar-refractivity contribution in [2.24, 2.45) is 4.99 Å². The van der Waals surface area contributed by atoms with Crippen molar-refractivity contribution in [1.82, 2.24) is 15.0 Å². The van der Waals surface area contributed by atoms with Gasteiger partial charge in [0.05, 0.1) is 11.3 Å². The minimum absolute atomic E-state index is 0.0627. The second-order valence-electron chi connectivity index (χ2n) is 5.37. The zero-order chi connectivity index (χ0) is 16.7. The number of fused-ring (bicyclic) bond motifs is 2. The third-order valence-electron chi connectivity index (χ3n) is 3.82. The van der Waals surface area contributed by atoms with Crippen molar-refractivity contribution in [3.05, 3.63) is 47.9 Å². The Morgan fingerprint density at radius 2 is 2.08 bits per heavy atom. The normalized spacial score (nSPS) is 17.4. The number of hydrogen-bond acceptors (Lipinski definition) is 4. The van der Waals surface area contributed by atoms with E-state index in [1.165, 1.54) is 6.33 Å². The molecule has 1 aliphatic heterocycles. The number of aromatic nitrogens is 3. The van der Waals surface area contributed by atoms with Crippen molar-refractivity contribution in [2.75, 3.05) is 6.61 Å². The van der Waals surface area contributed by atoms with Crippen molar-refractivity contribution in [1.29, 1.82) is 0 Å². The number of H-pyrrole nitrogens is 1. The number of rotatable bonds is 2. The molecule has 122 valence electrons. The molecule has 1 aromatic carbocycles. The third kappa shape index (κ3) is 2.49. The average Bonchev–Trinajstić information content (AvgIpc) is 3.17. The molecule has 1 atom stereocenters. The van der Waals surface area contributed by atoms with Gasteiger partial charge in [0.15, 0.2) is 5.82 Å². The number of halogens is 3. The predicted molar refractivity (Wildman–Crippen MR) is 81.7 cm³/mol. The number of ether oxygens (including phenoxy) is 1. The van der Waals surface area contributed by atoms with Gasteiger partial charge in [-0.25, -0.2) is 15.0 Å². The zero-order valence-corrected chi connectivity index (χ0v) is 12.2. The van der Waals surface area contributed by atoms with Crippen LogP contribution in [0.3, 0.4) is 0 Å². The molecule has 0 spiro atoms. The van der Waals surface area contributed by atoms with Gasteiger partial charge in [0.2, 0.25) is 0 Å². The molecule has 1 unspecified atom stereocenters. The summed E-state index contributed by atoms with van der Waals surface area (Å²) in [4.78, 5) is 14.3. The van der Waals surface area contributed by atoms with E-state index < -0.39 is 11.9 Å². The molecule has 0 amide bonds. The van der Waals surface area contributed by atoms with Crippen molar-refractivity contribution < 1.29 is 17.9 Å². The summed E-state index contributed by atoms with van der Waals surface area (Å²) < 4.78 is 44.0. The van der Waals surface area contributed by atoms with E-state index in [0.29, 0.717) is 6.61 Å². The number of alkyl halides is 3. The zero-order valence-electron chi connectivity index (χ0n) is 12.2. The molecule has 2 aromatic heterocycles. The van der Waals surface area contributed by atoms with Crippen molar-refractivity contribution in [2.45, 2.75) is 12.1 Å². The summed E-state index contributed by atoms with van der Waals surface area (Å²) >= 11 is 0. The van der Waals surface area contributed by atoms with E-state index in [4.69, 9.17) is 4.74 Å². The number of para-hydroxylation sites is 1. The van der Waals surface area contributed by atoms with Crippen LogP contribution < -0.4 is 4.74 Å². The Labute approximate surface area is 134 Å². The van der Waals surface area contributed by atoms with Gasteiger partial charge in [-0.1, -0.05) is 18.2 Å². The van der Waals surface area contributed by atoms with Crippen LogP contribution in [0.5, 0.6) is 5.75 Å². The monoisotopic (exact) mass is 332 g/mol. The lowest BCUT2D eigenvalue weighted by atomic mass is 10.0. The van der Waals surface area contributed by atoms with E-state index in [1.54, 1.807) is 6.21 Å². The smallest absolute Gasteiger partial charge is 0.431 e. The highest BCUT2D eigenvalue weighted by atomic mass is 19.4. The highest BCUT2D eigenvalue weighted by Crippen LogP contribution is 2.34. The largest absolute Gasteiger partial charge is 0.492 e. The number of benzene rings is 1. The number of hydrogen-bond donors (Lipinski definition) is 1. The maximum Gasteiger partial charge on any atom is 0.431 e. The number of aliphatic imine (C=N–C) groups is 1. The fraction of sp³-hybridized carbons (Fsp3) is 0.188. The molecule has 0 saturated heterocycles. The van der Waals surface area contributed by atoms with Gasteiger partial charge in [0.1, 0.15) is 30.0 Å². The van der Waals surface area contributed by atoms with E-state index in [2.05, 4.69) is 19.9 Å². The maximum absolute atomic E-state index is 12.8. The quantitative estimate of drug-likeness (QED) is 0.725. The van der Waals surface area contributed by atoms with Crippen LogP contribution in [0.4, 0.5) is 19.0 Å². The van der Waals surface area contributed by atoms with E-state index in [0.717, 1.165) is 17.4 Å². The summed E-state index contributed by atoms with van der Waals surface area (Å²) in [6, 6.07) is 8.56. The van der Waals surface area contributed by atoms with E-state index in [9.17, 15) is 13.2 Å². The number of nitrogens with one attached hydrogen (secondary N) is 1. The van der Waals surface area contributed by atoms with E-state index in [-0.39, 0.29) is 22.8 Å². The van der Waals surface area contributed by atoms with Crippen LogP contribution >= 0.6 is 0 Å². The molecule has 0 bridgehead atoms. The summed E-state index contributed by atoms with van der Waals surface area (Å²) in [6.45, 7) is 0.442. The Kier molecular flexibility index (Phi) is 3.26. The first-order valence-corrected chi connectivity index (χ1v) is 7.19. The Bertz CT molecular complexity index is 932.